The Kier molecular flexibility index (Phi) is 5.54. The molecule has 2 aromatic carbocycles. The van der Waals surface area contributed by atoms with Crippen molar-refractivity contribution in [2.45, 2.75) is 20.0 Å². The monoisotopic (exact) mass is 395 g/mol. The fourth-order valence-electron chi connectivity index (χ4n) is 2.85. The average molecular weight is 395 g/mol. The predicted molar refractivity (Wildman–Crippen MR) is 107 cm³/mol. The van der Waals surface area contributed by atoms with Crippen molar-refractivity contribution >= 4 is 17.6 Å². The molecule has 0 radical (unpaired) electrons. The summed E-state index contributed by atoms with van der Waals surface area (Å²) in [4.78, 5) is 37.5. The molecule has 0 aliphatic rings. The van der Waals surface area contributed by atoms with Crippen LogP contribution in [0.5, 0.6) is 5.75 Å². The van der Waals surface area contributed by atoms with Gasteiger partial charge in [-0.2, -0.15) is 0 Å². The van der Waals surface area contributed by atoms with Gasteiger partial charge in [0.25, 0.3) is 11.5 Å². The Labute approximate surface area is 166 Å². The van der Waals surface area contributed by atoms with E-state index in [0.717, 1.165) is 0 Å². The number of phenolic OH excluding ortho intramolecular Hbond substituents is 1. The third kappa shape index (κ3) is 4.06. The zero-order valence-corrected chi connectivity index (χ0v) is 16.2. The average Bonchev–Trinajstić information content (AvgIpc) is 2.91. The molecule has 0 spiro atoms. The number of hydrogen-bond acceptors (Lipinski definition) is 5. The Morgan fingerprint density at radius 2 is 1.79 bits per heavy atom. The van der Waals surface area contributed by atoms with E-state index in [2.05, 4.69) is 5.32 Å². The zero-order valence-electron chi connectivity index (χ0n) is 16.2. The Hall–Kier alpha value is -3.81. The summed E-state index contributed by atoms with van der Waals surface area (Å²) in [6.07, 6.45) is -1.14. The van der Waals surface area contributed by atoms with E-state index in [4.69, 9.17) is 4.74 Å². The van der Waals surface area contributed by atoms with Gasteiger partial charge >= 0.3 is 5.97 Å². The van der Waals surface area contributed by atoms with Gasteiger partial charge in [-0.25, -0.2) is 9.48 Å². The van der Waals surface area contributed by atoms with E-state index in [1.165, 1.54) is 35.9 Å². The molecule has 3 rings (SSSR count). The lowest BCUT2D eigenvalue weighted by atomic mass is 10.2. The number of esters is 1. The molecule has 0 aliphatic heterocycles. The summed E-state index contributed by atoms with van der Waals surface area (Å²) in [5.74, 6) is -1.47. The van der Waals surface area contributed by atoms with Gasteiger partial charge < -0.3 is 15.2 Å². The number of aromatic nitrogens is 2. The molecule has 0 saturated carbocycles. The van der Waals surface area contributed by atoms with Gasteiger partial charge in [0.05, 0.1) is 16.9 Å². The summed E-state index contributed by atoms with van der Waals surface area (Å²) in [7, 11) is 1.71. The summed E-state index contributed by atoms with van der Waals surface area (Å²) in [5, 5.41) is 12.0. The number of carbonyl (C=O) groups is 2. The normalized spacial score (nSPS) is 11.7. The lowest BCUT2D eigenvalue weighted by molar-refractivity contribution is -0.123. The minimum atomic E-state index is -1.14. The number of carbonyl (C=O) groups excluding carboxylic acids is 2. The molecule has 150 valence electrons. The van der Waals surface area contributed by atoms with Gasteiger partial charge in [0.15, 0.2) is 6.10 Å². The lowest BCUT2D eigenvalue weighted by Gasteiger charge is -2.13. The van der Waals surface area contributed by atoms with Crippen LogP contribution in [0.1, 0.15) is 23.0 Å². The molecule has 8 heteroatoms. The molecule has 29 heavy (non-hydrogen) atoms. The Balaban J connectivity index is 1.79. The Morgan fingerprint density at radius 3 is 2.45 bits per heavy atom. The van der Waals surface area contributed by atoms with Crippen LogP contribution in [0, 0.1) is 6.92 Å². The number of phenols is 1. The fourth-order valence-corrected chi connectivity index (χ4v) is 2.85. The molecule has 0 unspecified atom stereocenters. The van der Waals surface area contributed by atoms with Crippen LogP contribution in [0.15, 0.2) is 59.4 Å². The minimum Gasteiger partial charge on any atom is -0.508 e. The first kappa shape index (κ1) is 19.9. The molecule has 0 fully saturated rings. The van der Waals surface area contributed by atoms with E-state index in [1.807, 2.05) is 18.2 Å². The largest absolute Gasteiger partial charge is 0.508 e. The number of aromatic hydroxyl groups is 1. The van der Waals surface area contributed by atoms with Crippen molar-refractivity contribution in [2.75, 3.05) is 5.32 Å². The zero-order chi connectivity index (χ0) is 21.1. The lowest BCUT2D eigenvalue weighted by Crippen LogP contribution is -2.32. The van der Waals surface area contributed by atoms with Crippen molar-refractivity contribution in [3.8, 4) is 11.4 Å². The summed E-state index contributed by atoms with van der Waals surface area (Å²) in [5.41, 5.74) is 1.05. The highest BCUT2D eigenvalue weighted by molar-refractivity contribution is 5.97. The maximum atomic E-state index is 12.8. The molecule has 2 N–H and O–H groups in total. The number of hydrogen-bond donors (Lipinski definition) is 2. The second-order valence-corrected chi connectivity index (χ2v) is 6.52. The van der Waals surface area contributed by atoms with Crippen LogP contribution in [0.4, 0.5) is 5.69 Å². The van der Waals surface area contributed by atoms with Gasteiger partial charge in [-0.05, 0) is 44.2 Å². The molecule has 1 aromatic heterocycles. The maximum absolute atomic E-state index is 12.8. The molecule has 1 atom stereocenters. The van der Waals surface area contributed by atoms with Crippen molar-refractivity contribution in [1.82, 2.24) is 9.36 Å². The first-order valence-corrected chi connectivity index (χ1v) is 8.94. The first-order valence-electron chi connectivity index (χ1n) is 8.94. The summed E-state index contributed by atoms with van der Waals surface area (Å²) in [6.45, 7) is 3.11. The van der Waals surface area contributed by atoms with E-state index in [0.29, 0.717) is 11.4 Å². The van der Waals surface area contributed by atoms with Crippen LogP contribution in [-0.4, -0.2) is 32.5 Å². The molecule has 1 amide bonds. The number of amides is 1. The van der Waals surface area contributed by atoms with E-state index in [1.54, 1.807) is 30.8 Å². The second kappa shape index (κ2) is 8.05. The quantitative estimate of drug-likeness (QED) is 0.646. The maximum Gasteiger partial charge on any atom is 0.339 e. The topological polar surface area (TPSA) is 103 Å². The molecule has 0 aliphatic carbocycles. The molecular weight excluding hydrogens is 374 g/mol. The van der Waals surface area contributed by atoms with Crippen LogP contribution in [0.2, 0.25) is 0 Å². The van der Waals surface area contributed by atoms with Crippen LogP contribution in [0.3, 0.4) is 0 Å². The second-order valence-electron chi connectivity index (χ2n) is 6.52. The summed E-state index contributed by atoms with van der Waals surface area (Å²) < 4.78 is 8.22. The first-order chi connectivity index (χ1) is 13.8. The number of ether oxygens (including phenoxy) is 1. The Bertz CT molecular complexity index is 1120. The predicted octanol–water partition coefficient (Wildman–Crippen LogP) is 2.37. The van der Waals surface area contributed by atoms with Gasteiger partial charge in [0, 0.05) is 7.05 Å². The van der Waals surface area contributed by atoms with Crippen LogP contribution in [-0.2, 0) is 16.6 Å². The number of anilines is 1. The van der Waals surface area contributed by atoms with E-state index in [-0.39, 0.29) is 17.0 Å². The number of rotatable bonds is 5. The van der Waals surface area contributed by atoms with Crippen molar-refractivity contribution in [3.05, 3.63) is 76.2 Å². The van der Waals surface area contributed by atoms with Gasteiger partial charge in [-0.15, -0.1) is 0 Å². The van der Waals surface area contributed by atoms with Crippen molar-refractivity contribution in [2.24, 2.45) is 7.05 Å². The highest BCUT2D eigenvalue weighted by Crippen LogP contribution is 2.16. The SMILES string of the molecule is Cc1c(NC(=O)[C@H](C)OC(=O)c2cccc(O)c2)c(=O)n(-c2ccccc2)n1C. The van der Waals surface area contributed by atoms with Crippen LogP contribution < -0.4 is 10.9 Å². The minimum absolute atomic E-state index is 0.0853. The molecule has 1 heterocycles. The van der Waals surface area contributed by atoms with Gasteiger partial charge in [-0.3, -0.25) is 14.3 Å². The number of nitrogens with one attached hydrogen (secondary N) is 1. The third-order valence-corrected chi connectivity index (χ3v) is 4.54. The highest BCUT2D eigenvalue weighted by Gasteiger charge is 2.23. The van der Waals surface area contributed by atoms with Crippen molar-refractivity contribution < 1.29 is 19.4 Å². The highest BCUT2D eigenvalue weighted by atomic mass is 16.5. The van der Waals surface area contributed by atoms with Crippen LogP contribution in [0.25, 0.3) is 5.69 Å². The molecule has 3 aromatic rings. The van der Waals surface area contributed by atoms with Gasteiger partial charge in [0.1, 0.15) is 11.4 Å². The smallest absolute Gasteiger partial charge is 0.339 e. The van der Waals surface area contributed by atoms with Gasteiger partial charge in [0.2, 0.25) is 0 Å². The third-order valence-electron chi connectivity index (χ3n) is 4.54. The van der Waals surface area contributed by atoms with E-state index < -0.39 is 23.5 Å². The van der Waals surface area contributed by atoms with Crippen LogP contribution >= 0.6 is 0 Å². The van der Waals surface area contributed by atoms with E-state index in [9.17, 15) is 19.5 Å². The van der Waals surface area contributed by atoms with E-state index >= 15 is 0 Å². The Morgan fingerprint density at radius 1 is 1.10 bits per heavy atom. The summed E-state index contributed by atoms with van der Waals surface area (Å²) >= 11 is 0. The standard InChI is InChI=1S/C21H21N3O5/c1-13-18(20(27)24(23(13)3)16-9-5-4-6-10-16)22-19(26)14(2)29-21(28)15-8-7-11-17(25)12-15/h4-12,14,25H,1-3H3,(H,22,26)/t14-/m0/s1. The number of benzene rings is 2. The van der Waals surface area contributed by atoms with Crippen molar-refractivity contribution in [1.29, 1.82) is 0 Å². The molecule has 0 saturated heterocycles. The van der Waals surface area contributed by atoms with Crippen molar-refractivity contribution in [3.63, 3.8) is 0 Å². The van der Waals surface area contributed by atoms with Gasteiger partial charge in [-0.1, -0.05) is 24.3 Å². The number of para-hydroxylation sites is 1. The molecule has 8 nitrogen and oxygen atoms in total. The molecular formula is C21H21N3O5. The molecule has 0 bridgehead atoms. The fraction of sp³-hybridized carbons (Fsp3) is 0.190. The number of nitrogens with zero attached hydrogens (tertiary/aromatic N) is 2. The summed E-state index contributed by atoms with van der Waals surface area (Å²) in [6, 6.07) is 14.7.